The van der Waals surface area contributed by atoms with E-state index in [2.05, 4.69) is 0 Å². The first-order chi connectivity index (χ1) is 12.1. The van der Waals surface area contributed by atoms with Crippen LogP contribution in [0.1, 0.15) is 42.3 Å². The molecule has 26 heavy (non-hydrogen) atoms. The molecule has 134 valence electrons. The van der Waals surface area contributed by atoms with E-state index in [1.165, 1.54) is 18.2 Å². The van der Waals surface area contributed by atoms with E-state index >= 15 is 0 Å². The second kappa shape index (κ2) is 7.28. The highest BCUT2D eigenvalue weighted by Gasteiger charge is 2.29. The molecule has 0 aliphatic rings. The zero-order chi connectivity index (χ0) is 19.5. The molecule has 0 saturated carbocycles. The number of rotatable bonds is 4. The Labute approximate surface area is 152 Å². The van der Waals surface area contributed by atoms with Gasteiger partial charge in [-0.2, -0.15) is 5.26 Å². The number of carbonyl (C=O) groups is 2. The standard InChI is InChI=1S/C20H21N3O3/c1-20(2,3)23(16-6-4-5-14(10-16)19(22)26)18(25)11-15-9-13(12-21)7-8-17(15)24/h4-10,24H,11H2,1-3H3,(H2,22,26). The van der Waals surface area contributed by atoms with Gasteiger partial charge in [0.05, 0.1) is 18.1 Å². The minimum atomic E-state index is -0.576. The molecule has 0 aliphatic heterocycles. The maximum Gasteiger partial charge on any atom is 0.248 e. The first-order valence-corrected chi connectivity index (χ1v) is 8.08. The van der Waals surface area contributed by atoms with Crippen molar-refractivity contribution in [2.24, 2.45) is 5.73 Å². The molecule has 0 aliphatic carbocycles. The van der Waals surface area contributed by atoms with Crippen LogP contribution in [-0.2, 0) is 11.2 Å². The molecule has 0 bridgehead atoms. The van der Waals surface area contributed by atoms with Gasteiger partial charge in [-0.15, -0.1) is 0 Å². The summed E-state index contributed by atoms with van der Waals surface area (Å²) < 4.78 is 0. The molecule has 0 atom stereocenters. The average Bonchev–Trinajstić information content (AvgIpc) is 2.56. The van der Waals surface area contributed by atoms with E-state index in [0.717, 1.165) is 0 Å². The summed E-state index contributed by atoms with van der Waals surface area (Å²) >= 11 is 0. The molecule has 6 heteroatoms. The predicted molar refractivity (Wildman–Crippen MR) is 98.7 cm³/mol. The molecule has 2 aromatic carbocycles. The minimum Gasteiger partial charge on any atom is -0.508 e. The summed E-state index contributed by atoms with van der Waals surface area (Å²) in [6, 6.07) is 12.9. The number of carbonyl (C=O) groups excluding carboxylic acids is 2. The van der Waals surface area contributed by atoms with Crippen LogP contribution < -0.4 is 10.6 Å². The lowest BCUT2D eigenvalue weighted by molar-refractivity contribution is -0.118. The quantitative estimate of drug-likeness (QED) is 0.883. The molecule has 0 radical (unpaired) electrons. The van der Waals surface area contributed by atoms with Crippen molar-refractivity contribution >= 4 is 17.5 Å². The Balaban J connectivity index is 2.42. The zero-order valence-electron chi connectivity index (χ0n) is 15.0. The van der Waals surface area contributed by atoms with Gasteiger partial charge in [0.1, 0.15) is 5.75 Å². The van der Waals surface area contributed by atoms with Crippen LogP contribution in [0.2, 0.25) is 0 Å². The van der Waals surface area contributed by atoms with Crippen molar-refractivity contribution in [3.63, 3.8) is 0 Å². The number of phenolic OH excluding ortho intramolecular Hbond substituents is 1. The van der Waals surface area contributed by atoms with Crippen LogP contribution >= 0.6 is 0 Å². The second-order valence-electron chi connectivity index (χ2n) is 6.95. The van der Waals surface area contributed by atoms with Gasteiger partial charge in [-0.05, 0) is 57.2 Å². The third-order valence-electron chi connectivity index (χ3n) is 3.86. The van der Waals surface area contributed by atoms with Crippen molar-refractivity contribution in [3.05, 3.63) is 59.2 Å². The molecule has 0 fully saturated rings. The highest BCUT2D eigenvalue weighted by atomic mass is 16.3. The smallest absolute Gasteiger partial charge is 0.248 e. The summed E-state index contributed by atoms with van der Waals surface area (Å²) in [5, 5.41) is 19.0. The summed E-state index contributed by atoms with van der Waals surface area (Å²) in [6.07, 6.45) is -0.0839. The minimum absolute atomic E-state index is 0.0444. The largest absolute Gasteiger partial charge is 0.508 e. The van der Waals surface area contributed by atoms with Gasteiger partial charge in [0, 0.05) is 22.4 Å². The van der Waals surface area contributed by atoms with Gasteiger partial charge >= 0.3 is 0 Å². The number of hydrogen-bond donors (Lipinski definition) is 2. The third kappa shape index (κ3) is 4.19. The van der Waals surface area contributed by atoms with E-state index in [0.29, 0.717) is 22.4 Å². The summed E-state index contributed by atoms with van der Waals surface area (Å²) in [4.78, 5) is 26.0. The number of nitriles is 1. The van der Waals surface area contributed by atoms with E-state index in [9.17, 15) is 14.7 Å². The molecule has 0 unspecified atom stereocenters. The Kier molecular flexibility index (Phi) is 5.32. The lowest BCUT2D eigenvalue weighted by Gasteiger charge is -2.36. The number of anilines is 1. The fraction of sp³-hybridized carbons (Fsp3) is 0.250. The number of hydrogen-bond acceptors (Lipinski definition) is 4. The van der Waals surface area contributed by atoms with Crippen molar-refractivity contribution in [2.75, 3.05) is 4.90 Å². The van der Waals surface area contributed by atoms with E-state index in [1.54, 1.807) is 29.2 Å². The van der Waals surface area contributed by atoms with E-state index < -0.39 is 11.4 Å². The van der Waals surface area contributed by atoms with Crippen molar-refractivity contribution in [1.82, 2.24) is 0 Å². The molecule has 0 spiro atoms. The van der Waals surface area contributed by atoms with Crippen molar-refractivity contribution in [2.45, 2.75) is 32.7 Å². The molecule has 2 amide bonds. The third-order valence-corrected chi connectivity index (χ3v) is 3.86. The van der Waals surface area contributed by atoms with Crippen molar-refractivity contribution in [3.8, 4) is 11.8 Å². The highest BCUT2D eigenvalue weighted by molar-refractivity contribution is 5.99. The molecule has 3 N–H and O–H groups in total. The van der Waals surface area contributed by atoms with Crippen LogP contribution in [0.5, 0.6) is 5.75 Å². The molecule has 2 rings (SSSR count). The Morgan fingerprint density at radius 2 is 1.88 bits per heavy atom. The van der Waals surface area contributed by atoms with Gasteiger partial charge in [-0.25, -0.2) is 0 Å². The lowest BCUT2D eigenvalue weighted by Crippen LogP contribution is -2.46. The van der Waals surface area contributed by atoms with Gasteiger partial charge in [0.25, 0.3) is 0 Å². The summed E-state index contributed by atoms with van der Waals surface area (Å²) in [5.41, 5.74) is 6.34. The molecule has 6 nitrogen and oxygen atoms in total. The predicted octanol–water partition coefficient (Wildman–Crippen LogP) is 2.74. The maximum atomic E-state index is 13.0. The molecular weight excluding hydrogens is 330 g/mol. The number of benzene rings is 2. The van der Waals surface area contributed by atoms with E-state index in [4.69, 9.17) is 11.0 Å². The van der Waals surface area contributed by atoms with Crippen LogP contribution in [0.4, 0.5) is 5.69 Å². The second-order valence-corrected chi connectivity index (χ2v) is 6.95. The van der Waals surface area contributed by atoms with Gasteiger partial charge in [0.2, 0.25) is 11.8 Å². The van der Waals surface area contributed by atoms with Crippen LogP contribution in [0.25, 0.3) is 0 Å². The Morgan fingerprint density at radius 3 is 2.46 bits per heavy atom. The number of nitrogens with zero attached hydrogens (tertiary/aromatic N) is 2. The first kappa shape index (κ1) is 19.0. The summed E-state index contributed by atoms with van der Waals surface area (Å²) in [5.74, 6) is -0.894. The van der Waals surface area contributed by atoms with E-state index in [-0.39, 0.29) is 18.1 Å². The fourth-order valence-corrected chi connectivity index (χ4v) is 2.74. The Morgan fingerprint density at radius 1 is 1.19 bits per heavy atom. The number of nitrogens with two attached hydrogens (primary N) is 1. The van der Waals surface area contributed by atoms with E-state index in [1.807, 2.05) is 26.8 Å². The van der Waals surface area contributed by atoms with Gasteiger partial charge in [-0.1, -0.05) is 6.07 Å². The monoisotopic (exact) mass is 351 g/mol. The average molecular weight is 351 g/mol. The molecule has 0 saturated heterocycles. The summed E-state index contributed by atoms with van der Waals surface area (Å²) in [6.45, 7) is 5.61. The zero-order valence-corrected chi connectivity index (χ0v) is 15.0. The van der Waals surface area contributed by atoms with Gasteiger partial charge in [0.15, 0.2) is 0 Å². The normalized spacial score (nSPS) is 10.8. The lowest BCUT2D eigenvalue weighted by atomic mass is 10.0. The maximum absolute atomic E-state index is 13.0. The van der Waals surface area contributed by atoms with Crippen LogP contribution in [-0.4, -0.2) is 22.5 Å². The van der Waals surface area contributed by atoms with Crippen molar-refractivity contribution < 1.29 is 14.7 Å². The number of phenols is 1. The molecule has 0 heterocycles. The van der Waals surface area contributed by atoms with Crippen LogP contribution in [0.15, 0.2) is 42.5 Å². The molecule has 2 aromatic rings. The summed E-state index contributed by atoms with van der Waals surface area (Å²) in [7, 11) is 0. The number of amides is 2. The number of aromatic hydroxyl groups is 1. The Bertz CT molecular complexity index is 892. The van der Waals surface area contributed by atoms with Crippen LogP contribution in [0, 0.1) is 11.3 Å². The topological polar surface area (TPSA) is 107 Å². The molecular formula is C20H21N3O3. The van der Waals surface area contributed by atoms with Crippen LogP contribution in [0.3, 0.4) is 0 Å². The SMILES string of the molecule is CC(C)(C)N(C(=O)Cc1cc(C#N)ccc1O)c1cccc(C(N)=O)c1. The Hall–Kier alpha value is -3.33. The van der Waals surface area contributed by atoms with Gasteiger partial charge in [-0.3, -0.25) is 9.59 Å². The first-order valence-electron chi connectivity index (χ1n) is 8.08. The van der Waals surface area contributed by atoms with Gasteiger partial charge < -0.3 is 15.7 Å². The fourth-order valence-electron chi connectivity index (χ4n) is 2.74. The van der Waals surface area contributed by atoms with Crippen molar-refractivity contribution in [1.29, 1.82) is 5.26 Å². The molecule has 0 aromatic heterocycles. The number of primary amides is 1. The highest BCUT2D eigenvalue weighted by Crippen LogP contribution is 2.27.